The van der Waals surface area contributed by atoms with Crippen LogP contribution in [0, 0.1) is 5.92 Å². The van der Waals surface area contributed by atoms with Crippen molar-refractivity contribution in [3.05, 3.63) is 64.7 Å². The van der Waals surface area contributed by atoms with Gasteiger partial charge in [-0.25, -0.2) is 0 Å². The summed E-state index contributed by atoms with van der Waals surface area (Å²) < 4.78 is 0. The second-order valence-corrected chi connectivity index (χ2v) is 6.69. The molecular weight excluding hydrogens is 294 g/mol. The highest BCUT2D eigenvalue weighted by atomic mass is 35.5. The standard InChI is InChI=1S/C19H18ClNO/c20-13-9-10-16-15(11-13)14-7-4-8-17(22)18(14)19(21-16)12-5-2-1-3-6-12/h1-3,5-6,9-11,14,18-19,21H,4,7-8H2/t14-,18+,19-/m1/s1. The van der Waals surface area contributed by atoms with Crippen molar-refractivity contribution in [2.75, 3.05) is 5.32 Å². The van der Waals surface area contributed by atoms with Gasteiger partial charge in [-0.1, -0.05) is 41.9 Å². The third-order valence-electron chi connectivity index (χ3n) is 4.99. The van der Waals surface area contributed by atoms with E-state index in [0.29, 0.717) is 12.2 Å². The van der Waals surface area contributed by atoms with Crippen LogP contribution in [0.5, 0.6) is 0 Å². The van der Waals surface area contributed by atoms with Crippen molar-refractivity contribution in [3.63, 3.8) is 0 Å². The number of Topliss-reactive ketones (excluding diaryl/α,β-unsaturated/α-hetero) is 1. The first-order chi connectivity index (χ1) is 10.7. The Kier molecular flexibility index (Phi) is 3.42. The van der Waals surface area contributed by atoms with Crippen molar-refractivity contribution in [3.8, 4) is 0 Å². The Morgan fingerprint density at radius 3 is 2.73 bits per heavy atom. The first kappa shape index (κ1) is 13.8. The van der Waals surface area contributed by atoms with Gasteiger partial charge in [-0.05, 0) is 48.1 Å². The maximum Gasteiger partial charge on any atom is 0.138 e. The Labute approximate surface area is 135 Å². The average molecular weight is 312 g/mol. The number of anilines is 1. The smallest absolute Gasteiger partial charge is 0.138 e. The maximum atomic E-state index is 12.6. The molecule has 3 atom stereocenters. The van der Waals surface area contributed by atoms with Crippen LogP contribution in [0.15, 0.2) is 48.5 Å². The van der Waals surface area contributed by atoms with Crippen molar-refractivity contribution >= 4 is 23.1 Å². The molecule has 1 aliphatic carbocycles. The summed E-state index contributed by atoms with van der Waals surface area (Å²) in [5, 5.41) is 4.34. The van der Waals surface area contributed by atoms with Crippen molar-refractivity contribution < 1.29 is 4.79 Å². The molecule has 1 fully saturated rings. The van der Waals surface area contributed by atoms with Gasteiger partial charge >= 0.3 is 0 Å². The van der Waals surface area contributed by atoms with E-state index < -0.39 is 0 Å². The van der Waals surface area contributed by atoms with Gasteiger partial charge in [-0.3, -0.25) is 4.79 Å². The molecule has 112 valence electrons. The lowest BCUT2D eigenvalue weighted by Crippen LogP contribution is -2.39. The predicted molar refractivity (Wildman–Crippen MR) is 89.3 cm³/mol. The molecule has 4 rings (SSSR count). The summed E-state index contributed by atoms with van der Waals surface area (Å²) in [6.45, 7) is 0. The number of fused-ring (bicyclic) bond motifs is 3. The zero-order chi connectivity index (χ0) is 15.1. The number of carbonyl (C=O) groups is 1. The molecule has 1 saturated carbocycles. The Morgan fingerprint density at radius 1 is 1.09 bits per heavy atom. The Balaban J connectivity index is 1.84. The van der Waals surface area contributed by atoms with Crippen LogP contribution in [0.1, 0.15) is 42.3 Å². The molecule has 0 amide bonds. The molecule has 1 aliphatic heterocycles. The second kappa shape index (κ2) is 5.44. The number of hydrogen-bond acceptors (Lipinski definition) is 2. The summed E-state index contributed by atoms with van der Waals surface area (Å²) in [7, 11) is 0. The molecule has 0 unspecified atom stereocenters. The fourth-order valence-corrected chi connectivity index (χ4v) is 4.19. The van der Waals surface area contributed by atoms with Crippen LogP contribution in [-0.4, -0.2) is 5.78 Å². The lowest BCUT2D eigenvalue weighted by Gasteiger charge is -2.42. The van der Waals surface area contributed by atoms with E-state index in [0.717, 1.165) is 23.6 Å². The van der Waals surface area contributed by atoms with Crippen LogP contribution in [0.2, 0.25) is 5.02 Å². The monoisotopic (exact) mass is 311 g/mol. The van der Waals surface area contributed by atoms with Gasteiger partial charge in [0.15, 0.2) is 0 Å². The normalized spacial score (nSPS) is 26.8. The molecular formula is C19H18ClNO. The molecule has 1 N–H and O–H groups in total. The van der Waals surface area contributed by atoms with E-state index in [1.807, 2.05) is 36.4 Å². The minimum atomic E-state index is 0.0158. The van der Waals surface area contributed by atoms with Gasteiger partial charge in [0.25, 0.3) is 0 Å². The minimum Gasteiger partial charge on any atom is -0.377 e. The minimum absolute atomic E-state index is 0.0158. The molecule has 0 saturated heterocycles. The Morgan fingerprint density at radius 2 is 1.91 bits per heavy atom. The summed E-state index contributed by atoms with van der Waals surface area (Å²) >= 11 is 6.18. The largest absolute Gasteiger partial charge is 0.377 e. The fourth-order valence-electron chi connectivity index (χ4n) is 4.01. The van der Waals surface area contributed by atoms with Crippen LogP contribution in [0.4, 0.5) is 5.69 Å². The first-order valence-corrected chi connectivity index (χ1v) is 8.25. The van der Waals surface area contributed by atoms with Crippen molar-refractivity contribution in [1.82, 2.24) is 0 Å². The number of benzene rings is 2. The van der Waals surface area contributed by atoms with Crippen LogP contribution >= 0.6 is 11.6 Å². The molecule has 2 aromatic rings. The molecule has 0 radical (unpaired) electrons. The molecule has 3 heteroatoms. The van der Waals surface area contributed by atoms with Crippen LogP contribution in [-0.2, 0) is 4.79 Å². The number of hydrogen-bond donors (Lipinski definition) is 1. The van der Waals surface area contributed by atoms with Gasteiger partial charge in [-0.2, -0.15) is 0 Å². The van der Waals surface area contributed by atoms with Gasteiger partial charge in [-0.15, -0.1) is 0 Å². The van der Waals surface area contributed by atoms with Crippen molar-refractivity contribution in [2.24, 2.45) is 5.92 Å². The van der Waals surface area contributed by atoms with Gasteiger partial charge in [0.1, 0.15) is 5.78 Å². The van der Waals surface area contributed by atoms with Crippen LogP contribution in [0.25, 0.3) is 0 Å². The van der Waals surface area contributed by atoms with E-state index in [-0.39, 0.29) is 17.9 Å². The zero-order valence-corrected chi connectivity index (χ0v) is 13.0. The lowest BCUT2D eigenvalue weighted by atomic mass is 9.67. The number of carbonyl (C=O) groups excluding carboxylic acids is 1. The average Bonchev–Trinajstić information content (AvgIpc) is 2.55. The van der Waals surface area contributed by atoms with E-state index >= 15 is 0 Å². The van der Waals surface area contributed by atoms with E-state index in [9.17, 15) is 4.79 Å². The molecule has 0 bridgehead atoms. The molecule has 22 heavy (non-hydrogen) atoms. The van der Waals surface area contributed by atoms with Gasteiger partial charge < -0.3 is 5.32 Å². The number of ketones is 1. The van der Waals surface area contributed by atoms with Crippen molar-refractivity contribution in [1.29, 1.82) is 0 Å². The topological polar surface area (TPSA) is 29.1 Å². The SMILES string of the molecule is O=C1CCC[C@@H]2c3cc(Cl)ccc3N[C@H](c3ccccc3)[C@H]12. The number of halogens is 1. The number of nitrogens with one attached hydrogen (secondary N) is 1. The third kappa shape index (κ3) is 2.22. The maximum absolute atomic E-state index is 12.6. The summed E-state index contributed by atoms with van der Waals surface area (Å²) in [5.74, 6) is 0.673. The van der Waals surface area contributed by atoms with Crippen LogP contribution < -0.4 is 5.32 Å². The lowest BCUT2D eigenvalue weighted by molar-refractivity contribution is -0.126. The Bertz CT molecular complexity index is 713. The van der Waals surface area contributed by atoms with Crippen LogP contribution in [0.3, 0.4) is 0 Å². The highest BCUT2D eigenvalue weighted by molar-refractivity contribution is 6.30. The van der Waals surface area contributed by atoms with Gasteiger partial charge in [0.2, 0.25) is 0 Å². The number of rotatable bonds is 1. The molecule has 2 nitrogen and oxygen atoms in total. The summed E-state index contributed by atoms with van der Waals surface area (Å²) in [6, 6.07) is 16.4. The summed E-state index contributed by atoms with van der Waals surface area (Å²) in [5.41, 5.74) is 3.51. The molecule has 1 heterocycles. The second-order valence-electron chi connectivity index (χ2n) is 6.26. The molecule has 0 aromatic heterocycles. The molecule has 0 spiro atoms. The van der Waals surface area contributed by atoms with E-state index in [4.69, 9.17) is 11.6 Å². The molecule has 2 aromatic carbocycles. The van der Waals surface area contributed by atoms with Gasteiger partial charge in [0, 0.05) is 23.0 Å². The van der Waals surface area contributed by atoms with E-state index in [1.165, 1.54) is 11.1 Å². The highest BCUT2D eigenvalue weighted by Crippen LogP contribution is 2.50. The quantitative estimate of drug-likeness (QED) is 0.806. The molecule has 2 aliphatic rings. The van der Waals surface area contributed by atoms with E-state index in [1.54, 1.807) is 0 Å². The summed E-state index contributed by atoms with van der Waals surface area (Å²) in [4.78, 5) is 12.6. The first-order valence-electron chi connectivity index (χ1n) is 7.87. The third-order valence-corrected chi connectivity index (χ3v) is 5.22. The fraction of sp³-hybridized carbons (Fsp3) is 0.316. The predicted octanol–water partition coefficient (Wildman–Crippen LogP) is 4.96. The van der Waals surface area contributed by atoms with E-state index in [2.05, 4.69) is 17.4 Å². The zero-order valence-electron chi connectivity index (χ0n) is 12.3. The summed E-state index contributed by atoms with van der Waals surface area (Å²) in [6.07, 6.45) is 2.74. The Hall–Kier alpha value is -1.80. The highest BCUT2D eigenvalue weighted by Gasteiger charge is 2.43. The van der Waals surface area contributed by atoms with Gasteiger partial charge in [0.05, 0.1) is 6.04 Å². The van der Waals surface area contributed by atoms with Crippen molar-refractivity contribution in [2.45, 2.75) is 31.2 Å².